The maximum Gasteiger partial charge on any atom is 0.215 e. The molecule has 0 amide bonds. The number of sulfonamides is 1. The number of aliphatic imine (C=N–C) groups is 1. The van der Waals surface area contributed by atoms with Crippen molar-refractivity contribution in [2.24, 2.45) is 12.0 Å². The average molecular weight is 375 g/mol. The third-order valence-corrected chi connectivity index (χ3v) is 6.50. The fraction of sp³-hybridized carbons (Fsp3) is 0.714. The van der Waals surface area contributed by atoms with Crippen LogP contribution in [-0.4, -0.2) is 71.9 Å². The van der Waals surface area contributed by atoms with Gasteiger partial charge in [-0.25, -0.2) is 17.7 Å². The third kappa shape index (κ3) is 5.67. The zero-order valence-corrected chi connectivity index (χ0v) is 15.9. The number of hydrogen-bond acceptors (Lipinski definition) is 5. The minimum atomic E-state index is -3.20. The number of thioether (sulfide) groups is 1. The Hall–Kier alpha value is -1.26. The summed E-state index contributed by atoms with van der Waals surface area (Å²) >= 11 is 1.80. The van der Waals surface area contributed by atoms with Crippen molar-refractivity contribution in [2.45, 2.75) is 13.5 Å². The molecular formula is C14H26N6O2S2. The van der Waals surface area contributed by atoms with E-state index in [9.17, 15) is 8.42 Å². The number of aromatic nitrogens is 2. The van der Waals surface area contributed by atoms with Crippen molar-refractivity contribution >= 4 is 27.7 Å². The summed E-state index contributed by atoms with van der Waals surface area (Å²) in [4.78, 5) is 4.47. The van der Waals surface area contributed by atoms with Gasteiger partial charge in [-0.3, -0.25) is 4.68 Å². The van der Waals surface area contributed by atoms with Gasteiger partial charge in [-0.05, 0) is 13.0 Å². The van der Waals surface area contributed by atoms with Gasteiger partial charge < -0.3 is 10.6 Å². The van der Waals surface area contributed by atoms with Crippen LogP contribution in [0.1, 0.15) is 12.6 Å². The molecule has 1 aromatic heterocycles. The molecule has 24 heavy (non-hydrogen) atoms. The Labute approximate surface area is 148 Å². The van der Waals surface area contributed by atoms with Gasteiger partial charge in [-0.2, -0.15) is 16.9 Å². The predicted molar refractivity (Wildman–Crippen MR) is 98.7 cm³/mol. The van der Waals surface area contributed by atoms with E-state index in [1.54, 1.807) is 26.9 Å². The van der Waals surface area contributed by atoms with E-state index in [1.165, 1.54) is 0 Å². The molecule has 2 heterocycles. The SMILES string of the molecule is CCNC(=NCc1ccnn1C)NCCS(=O)(=O)N1CCSCC1. The normalized spacial score (nSPS) is 17.0. The van der Waals surface area contributed by atoms with Crippen LogP contribution >= 0.6 is 11.8 Å². The number of hydrogen-bond donors (Lipinski definition) is 2. The molecule has 1 aromatic rings. The Morgan fingerprint density at radius 3 is 2.75 bits per heavy atom. The van der Waals surface area contributed by atoms with Crippen LogP contribution in [0, 0.1) is 0 Å². The Bertz CT molecular complexity index is 637. The third-order valence-electron chi connectivity index (χ3n) is 3.68. The van der Waals surface area contributed by atoms with Gasteiger partial charge in [0.2, 0.25) is 10.0 Å². The number of rotatable bonds is 7. The molecule has 136 valence electrons. The molecule has 0 atom stereocenters. The molecule has 1 saturated heterocycles. The standard InChI is InChI=1S/C14H26N6O2S2/c1-3-15-14(17-12-13-4-5-18-19(13)2)16-6-11-24(21,22)20-7-9-23-10-8-20/h4-5H,3,6-12H2,1-2H3,(H2,15,16,17). The summed E-state index contributed by atoms with van der Waals surface area (Å²) in [6.45, 7) is 4.74. The molecule has 0 unspecified atom stereocenters. The van der Waals surface area contributed by atoms with E-state index < -0.39 is 10.0 Å². The van der Waals surface area contributed by atoms with Gasteiger partial charge in [-0.15, -0.1) is 0 Å². The van der Waals surface area contributed by atoms with E-state index in [0.29, 0.717) is 38.7 Å². The molecule has 10 heteroatoms. The van der Waals surface area contributed by atoms with E-state index in [4.69, 9.17) is 0 Å². The van der Waals surface area contributed by atoms with Crippen LogP contribution in [0.4, 0.5) is 0 Å². The van der Waals surface area contributed by atoms with Crippen LogP contribution in [0.3, 0.4) is 0 Å². The van der Waals surface area contributed by atoms with Crippen LogP contribution < -0.4 is 10.6 Å². The summed E-state index contributed by atoms with van der Waals surface area (Å²) in [7, 11) is -1.33. The highest BCUT2D eigenvalue weighted by molar-refractivity contribution is 7.99. The Morgan fingerprint density at radius 2 is 2.12 bits per heavy atom. The van der Waals surface area contributed by atoms with Crippen molar-refractivity contribution in [2.75, 3.05) is 43.4 Å². The number of aryl methyl sites for hydroxylation is 1. The molecule has 1 aliphatic rings. The summed E-state index contributed by atoms with van der Waals surface area (Å²) in [5, 5.41) is 10.3. The molecule has 1 aliphatic heterocycles. The Balaban J connectivity index is 1.85. The monoisotopic (exact) mass is 374 g/mol. The van der Waals surface area contributed by atoms with Gasteiger partial charge in [0.05, 0.1) is 18.0 Å². The molecular weight excluding hydrogens is 348 g/mol. The largest absolute Gasteiger partial charge is 0.357 e. The second-order valence-electron chi connectivity index (χ2n) is 5.40. The minimum Gasteiger partial charge on any atom is -0.357 e. The fourth-order valence-corrected chi connectivity index (χ4v) is 4.80. The smallest absolute Gasteiger partial charge is 0.215 e. The van der Waals surface area contributed by atoms with E-state index in [0.717, 1.165) is 17.2 Å². The van der Waals surface area contributed by atoms with Gasteiger partial charge in [-0.1, -0.05) is 0 Å². The first-order valence-corrected chi connectivity index (χ1v) is 10.8. The van der Waals surface area contributed by atoms with Crippen LogP contribution in [0.25, 0.3) is 0 Å². The number of nitrogens with zero attached hydrogens (tertiary/aromatic N) is 4. The van der Waals surface area contributed by atoms with Gasteiger partial charge in [0.25, 0.3) is 0 Å². The van der Waals surface area contributed by atoms with E-state index in [-0.39, 0.29) is 5.75 Å². The zero-order valence-electron chi connectivity index (χ0n) is 14.2. The van der Waals surface area contributed by atoms with Crippen LogP contribution in [-0.2, 0) is 23.6 Å². The summed E-state index contributed by atoms with van der Waals surface area (Å²) in [5.41, 5.74) is 0.991. The van der Waals surface area contributed by atoms with Crippen molar-refractivity contribution in [1.29, 1.82) is 0 Å². The van der Waals surface area contributed by atoms with Gasteiger partial charge in [0, 0.05) is 50.9 Å². The van der Waals surface area contributed by atoms with Crippen molar-refractivity contribution in [3.8, 4) is 0 Å². The molecule has 0 radical (unpaired) electrons. The second-order valence-corrected chi connectivity index (χ2v) is 8.71. The molecule has 0 spiro atoms. The maximum atomic E-state index is 12.3. The zero-order chi connectivity index (χ0) is 17.4. The molecule has 2 N–H and O–H groups in total. The first-order valence-electron chi connectivity index (χ1n) is 8.07. The first kappa shape index (κ1) is 19.1. The topological polar surface area (TPSA) is 91.6 Å². The summed E-state index contributed by atoms with van der Waals surface area (Å²) in [6, 6.07) is 1.91. The number of guanidine groups is 1. The van der Waals surface area contributed by atoms with Crippen LogP contribution in [0.5, 0.6) is 0 Å². The van der Waals surface area contributed by atoms with Crippen molar-refractivity contribution in [3.05, 3.63) is 18.0 Å². The number of nitrogens with one attached hydrogen (secondary N) is 2. The average Bonchev–Trinajstić information content (AvgIpc) is 2.98. The van der Waals surface area contributed by atoms with Crippen molar-refractivity contribution in [3.63, 3.8) is 0 Å². The van der Waals surface area contributed by atoms with Gasteiger partial charge in [0.15, 0.2) is 5.96 Å². The Morgan fingerprint density at radius 1 is 1.38 bits per heavy atom. The van der Waals surface area contributed by atoms with Crippen LogP contribution in [0.15, 0.2) is 17.3 Å². The predicted octanol–water partition coefficient (Wildman–Crippen LogP) is -0.146. The molecule has 8 nitrogen and oxygen atoms in total. The fourth-order valence-electron chi connectivity index (χ4n) is 2.31. The summed E-state index contributed by atoms with van der Waals surface area (Å²) in [5.74, 6) is 2.44. The first-order chi connectivity index (χ1) is 11.5. The van der Waals surface area contributed by atoms with Crippen molar-refractivity contribution in [1.82, 2.24) is 24.7 Å². The summed E-state index contributed by atoms with van der Waals surface area (Å²) < 4.78 is 28.0. The molecule has 0 bridgehead atoms. The summed E-state index contributed by atoms with van der Waals surface area (Å²) in [6.07, 6.45) is 1.73. The molecule has 0 aromatic carbocycles. The highest BCUT2D eigenvalue weighted by atomic mass is 32.2. The lowest BCUT2D eigenvalue weighted by molar-refractivity contribution is 0.443. The lowest BCUT2D eigenvalue weighted by Gasteiger charge is -2.25. The highest BCUT2D eigenvalue weighted by Gasteiger charge is 2.23. The minimum absolute atomic E-state index is 0.0772. The van der Waals surface area contributed by atoms with E-state index in [1.807, 2.05) is 20.0 Å². The lowest BCUT2D eigenvalue weighted by atomic mass is 10.4. The van der Waals surface area contributed by atoms with Crippen molar-refractivity contribution < 1.29 is 8.42 Å². The lowest BCUT2D eigenvalue weighted by Crippen LogP contribution is -2.44. The Kier molecular flexibility index (Phi) is 7.38. The highest BCUT2D eigenvalue weighted by Crippen LogP contribution is 2.12. The maximum absolute atomic E-state index is 12.3. The van der Waals surface area contributed by atoms with Gasteiger partial charge >= 0.3 is 0 Å². The molecule has 0 saturated carbocycles. The van der Waals surface area contributed by atoms with E-state index in [2.05, 4.69) is 20.7 Å². The second kappa shape index (κ2) is 9.28. The van der Waals surface area contributed by atoms with E-state index >= 15 is 0 Å². The molecule has 1 fully saturated rings. The van der Waals surface area contributed by atoms with Crippen LogP contribution in [0.2, 0.25) is 0 Å². The molecule has 0 aliphatic carbocycles. The van der Waals surface area contributed by atoms with Gasteiger partial charge in [0.1, 0.15) is 0 Å². The quantitative estimate of drug-likeness (QED) is 0.510. The molecule has 2 rings (SSSR count).